The van der Waals surface area contributed by atoms with Crippen LogP contribution in [-0.4, -0.2) is 22.4 Å². The Morgan fingerprint density at radius 1 is 1.30 bits per heavy atom. The first kappa shape index (κ1) is 14.7. The maximum Gasteiger partial charge on any atom is 0.250 e. The number of aromatic amines is 1. The Balaban J connectivity index is 1.68. The summed E-state index contributed by atoms with van der Waals surface area (Å²) in [6.45, 7) is 1.03. The van der Waals surface area contributed by atoms with Gasteiger partial charge in [-0.2, -0.15) is 0 Å². The normalized spacial score (nSPS) is 25.4. The number of aromatic nitrogens is 2. The number of hydrogen-bond acceptors (Lipinski definition) is 3. The molecule has 122 valence electrons. The second kappa shape index (κ2) is 5.64. The first-order valence-electron chi connectivity index (χ1n) is 8.72. The van der Waals surface area contributed by atoms with Gasteiger partial charge in [-0.3, -0.25) is 4.79 Å². The molecule has 0 radical (unpaired) electrons. The Morgan fingerprint density at radius 3 is 2.74 bits per heavy atom. The summed E-state index contributed by atoms with van der Waals surface area (Å²) in [4.78, 5) is 19.8. The van der Waals surface area contributed by atoms with Crippen LogP contribution in [0.15, 0.2) is 18.2 Å². The number of nitrogens with two attached hydrogens (primary N) is 1. The van der Waals surface area contributed by atoms with Crippen molar-refractivity contribution < 1.29 is 4.79 Å². The van der Waals surface area contributed by atoms with Crippen molar-refractivity contribution in [3.63, 3.8) is 0 Å². The maximum atomic E-state index is 11.6. The van der Waals surface area contributed by atoms with Crippen LogP contribution in [0.4, 0.5) is 0 Å². The number of carbonyl (C=O) groups excluding carboxylic acids is 1. The van der Waals surface area contributed by atoms with E-state index in [9.17, 15) is 4.79 Å². The fraction of sp³-hybridized carbons (Fsp3) is 0.556. The number of carbonyl (C=O) groups is 1. The van der Waals surface area contributed by atoms with Gasteiger partial charge < -0.3 is 16.0 Å². The van der Waals surface area contributed by atoms with Crippen LogP contribution in [0.3, 0.4) is 0 Å². The highest BCUT2D eigenvalue weighted by Crippen LogP contribution is 2.40. The molecule has 4 rings (SSSR count). The molecule has 4 N–H and O–H groups in total. The minimum Gasteiger partial charge on any atom is -0.366 e. The summed E-state index contributed by atoms with van der Waals surface area (Å²) in [5, 5.41) is 3.62. The minimum atomic E-state index is -0.420. The quantitative estimate of drug-likeness (QED) is 0.811. The zero-order valence-electron chi connectivity index (χ0n) is 13.4. The summed E-state index contributed by atoms with van der Waals surface area (Å²) in [5.74, 6) is 1.33. The molecular formula is C18H24N4O. The fourth-order valence-corrected chi connectivity index (χ4v) is 4.24. The summed E-state index contributed by atoms with van der Waals surface area (Å²) in [7, 11) is 0. The van der Waals surface area contributed by atoms with Crippen molar-refractivity contribution in [3.05, 3.63) is 29.6 Å². The van der Waals surface area contributed by atoms with Crippen LogP contribution >= 0.6 is 0 Å². The Bertz CT molecular complexity index is 726. The lowest BCUT2D eigenvalue weighted by atomic mass is 9.74. The lowest BCUT2D eigenvalue weighted by Gasteiger charge is -2.44. The van der Waals surface area contributed by atoms with Crippen LogP contribution in [-0.2, 0) is 5.54 Å². The standard InChI is InChI=1S/C18H24N4O/c19-16(23)13-7-4-8-14-15(13)22-17(21-14)18(9-10-20-18)11-12-5-2-1-3-6-12/h4,7-8,12,20H,1-3,5-6,9-11H2,(H2,19,23)(H,21,22). The number of imidazole rings is 1. The average Bonchev–Trinajstić information content (AvgIpc) is 2.95. The van der Waals surface area contributed by atoms with Gasteiger partial charge in [0.1, 0.15) is 11.3 Å². The summed E-state index contributed by atoms with van der Waals surface area (Å²) < 4.78 is 0. The van der Waals surface area contributed by atoms with Gasteiger partial charge in [-0.05, 0) is 37.4 Å². The average molecular weight is 312 g/mol. The van der Waals surface area contributed by atoms with E-state index in [0.717, 1.165) is 36.6 Å². The van der Waals surface area contributed by atoms with E-state index >= 15 is 0 Å². The van der Waals surface area contributed by atoms with Crippen LogP contribution in [0, 0.1) is 5.92 Å². The third-order valence-electron chi connectivity index (χ3n) is 5.61. The first-order chi connectivity index (χ1) is 11.2. The highest BCUT2D eigenvalue weighted by atomic mass is 16.1. The molecule has 2 aliphatic rings. The van der Waals surface area contributed by atoms with Gasteiger partial charge in [0.25, 0.3) is 5.91 Å². The number of benzene rings is 1. The fourth-order valence-electron chi connectivity index (χ4n) is 4.24. The van der Waals surface area contributed by atoms with Crippen molar-refractivity contribution in [2.24, 2.45) is 11.7 Å². The van der Waals surface area contributed by atoms with Gasteiger partial charge in [-0.1, -0.05) is 38.2 Å². The molecule has 1 saturated heterocycles. The predicted molar refractivity (Wildman–Crippen MR) is 90.1 cm³/mol. The van der Waals surface area contributed by atoms with Gasteiger partial charge >= 0.3 is 0 Å². The minimum absolute atomic E-state index is 0.0457. The van der Waals surface area contributed by atoms with E-state index in [1.807, 2.05) is 12.1 Å². The zero-order chi connectivity index (χ0) is 15.9. The predicted octanol–water partition coefficient (Wildman–Crippen LogP) is 2.82. The summed E-state index contributed by atoms with van der Waals surface area (Å²) in [6.07, 6.45) is 8.99. The van der Waals surface area contributed by atoms with E-state index in [1.165, 1.54) is 32.1 Å². The lowest BCUT2D eigenvalue weighted by Crippen LogP contribution is -2.55. The van der Waals surface area contributed by atoms with Crippen molar-refractivity contribution in [1.29, 1.82) is 0 Å². The number of H-pyrrole nitrogens is 1. The molecule has 2 heterocycles. The van der Waals surface area contributed by atoms with Gasteiger partial charge in [0.15, 0.2) is 0 Å². The van der Waals surface area contributed by atoms with Crippen LogP contribution in [0.5, 0.6) is 0 Å². The third kappa shape index (κ3) is 2.53. The summed E-state index contributed by atoms with van der Waals surface area (Å²) in [5.41, 5.74) is 7.53. The van der Waals surface area contributed by atoms with Crippen LogP contribution in [0.2, 0.25) is 0 Å². The molecule has 2 fully saturated rings. The molecule has 1 aliphatic heterocycles. The van der Waals surface area contributed by atoms with Crippen molar-refractivity contribution in [2.75, 3.05) is 6.54 Å². The highest BCUT2D eigenvalue weighted by molar-refractivity contribution is 6.04. The molecule has 1 amide bonds. The van der Waals surface area contributed by atoms with E-state index < -0.39 is 5.91 Å². The van der Waals surface area contributed by atoms with Gasteiger partial charge in [0.05, 0.1) is 16.6 Å². The summed E-state index contributed by atoms with van der Waals surface area (Å²) >= 11 is 0. The van der Waals surface area contributed by atoms with Gasteiger partial charge in [0.2, 0.25) is 0 Å². The Morgan fingerprint density at radius 2 is 2.09 bits per heavy atom. The zero-order valence-corrected chi connectivity index (χ0v) is 13.4. The second-order valence-electron chi connectivity index (χ2n) is 7.12. The topological polar surface area (TPSA) is 83.8 Å². The molecule has 1 unspecified atom stereocenters. The molecular weight excluding hydrogens is 288 g/mol. The SMILES string of the molecule is NC(=O)c1cccc2[nH]c(C3(CC4CCCCC4)CCN3)nc12. The Hall–Kier alpha value is -1.88. The number of fused-ring (bicyclic) bond motifs is 1. The molecule has 2 aromatic rings. The van der Waals surface area contributed by atoms with Crippen molar-refractivity contribution >= 4 is 16.9 Å². The molecule has 0 spiro atoms. The number of nitrogens with one attached hydrogen (secondary N) is 2. The number of amides is 1. The molecule has 5 heteroatoms. The smallest absolute Gasteiger partial charge is 0.250 e. The van der Waals surface area contributed by atoms with E-state index in [0.29, 0.717) is 11.1 Å². The summed E-state index contributed by atoms with van der Waals surface area (Å²) in [6, 6.07) is 5.56. The van der Waals surface area contributed by atoms with Gasteiger partial charge in [0, 0.05) is 0 Å². The number of nitrogens with zero attached hydrogens (tertiary/aromatic N) is 1. The molecule has 1 atom stereocenters. The van der Waals surface area contributed by atoms with Crippen LogP contribution in [0.25, 0.3) is 11.0 Å². The Kier molecular flexibility index (Phi) is 3.60. The monoisotopic (exact) mass is 312 g/mol. The third-order valence-corrected chi connectivity index (χ3v) is 5.61. The Labute approximate surface area is 136 Å². The molecule has 1 aromatic carbocycles. The lowest BCUT2D eigenvalue weighted by molar-refractivity contribution is 0.100. The van der Waals surface area contributed by atoms with Crippen LogP contribution < -0.4 is 11.1 Å². The van der Waals surface area contributed by atoms with E-state index in [1.54, 1.807) is 6.07 Å². The molecule has 5 nitrogen and oxygen atoms in total. The molecule has 23 heavy (non-hydrogen) atoms. The van der Waals surface area contributed by atoms with Crippen molar-refractivity contribution in [1.82, 2.24) is 15.3 Å². The molecule has 1 aliphatic carbocycles. The van der Waals surface area contributed by atoms with E-state index in [2.05, 4.69) is 10.3 Å². The first-order valence-corrected chi connectivity index (χ1v) is 8.72. The number of hydrogen-bond donors (Lipinski definition) is 3. The van der Waals surface area contributed by atoms with Gasteiger partial charge in [-0.15, -0.1) is 0 Å². The number of rotatable bonds is 4. The second-order valence-corrected chi connectivity index (χ2v) is 7.12. The van der Waals surface area contributed by atoms with Crippen molar-refractivity contribution in [3.8, 4) is 0 Å². The largest absolute Gasteiger partial charge is 0.366 e. The molecule has 1 aromatic heterocycles. The van der Waals surface area contributed by atoms with Crippen LogP contribution in [0.1, 0.15) is 61.1 Å². The highest BCUT2D eigenvalue weighted by Gasteiger charge is 2.43. The molecule has 0 bridgehead atoms. The number of primary amides is 1. The van der Waals surface area contributed by atoms with Crippen molar-refractivity contribution in [2.45, 2.75) is 50.5 Å². The number of para-hydroxylation sites is 1. The molecule has 1 saturated carbocycles. The maximum absolute atomic E-state index is 11.6. The van der Waals surface area contributed by atoms with Gasteiger partial charge in [-0.25, -0.2) is 4.98 Å². The van der Waals surface area contributed by atoms with E-state index in [4.69, 9.17) is 10.7 Å². The van der Waals surface area contributed by atoms with E-state index in [-0.39, 0.29) is 5.54 Å².